The van der Waals surface area contributed by atoms with Crippen molar-refractivity contribution >= 4 is 19.0 Å². The number of fused-ring (bicyclic) bond motifs is 1. The molecular formula is C19H20BNO5. The first-order chi connectivity index (χ1) is 12.5. The molecule has 0 radical (unpaired) electrons. The van der Waals surface area contributed by atoms with Crippen LogP contribution >= 0.6 is 0 Å². The predicted octanol–water partition coefficient (Wildman–Crippen LogP) is 1.63. The SMILES string of the molecule is CCc1ccc(CC(=O)N[C@H]2Cc3cccc(C(=O)O)c3OB2O)cc1. The van der Waals surface area contributed by atoms with Gasteiger partial charge in [-0.05, 0) is 35.6 Å². The third kappa shape index (κ3) is 3.88. The van der Waals surface area contributed by atoms with Gasteiger partial charge in [-0.25, -0.2) is 4.79 Å². The van der Waals surface area contributed by atoms with E-state index >= 15 is 0 Å². The van der Waals surface area contributed by atoms with Gasteiger partial charge in [0, 0.05) is 0 Å². The highest BCUT2D eigenvalue weighted by atomic mass is 16.5. The molecule has 0 aliphatic carbocycles. The minimum Gasteiger partial charge on any atom is -0.534 e. The third-order valence-electron chi connectivity index (χ3n) is 4.49. The smallest absolute Gasteiger partial charge is 0.534 e. The van der Waals surface area contributed by atoms with Crippen molar-refractivity contribution < 1.29 is 24.4 Å². The van der Waals surface area contributed by atoms with Gasteiger partial charge in [-0.2, -0.15) is 0 Å². The average Bonchev–Trinajstić information content (AvgIpc) is 2.62. The fourth-order valence-corrected chi connectivity index (χ4v) is 3.05. The normalized spacial score (nSPS) is 15.8. The lowest BCUT2D eigenvalue weighted by Crippen LogP contribution is -2.53. The molecule has 2 aromatic rings. The van der Waals surface area contributed by atoms with Crippen molar-refractivity contribution in [2.45, 2.75) is 32.1 Å². The highest BCUT2D eigenvalue weighted by molar-refractivity contribution is 6.47. The van der Waals surface area contributed by atoms with Gasteiger partial charge in [0.15, 0.2) is 0 Å². The highest BCUT2D eigenvalue weighted by Gasteiger charge is 2.37. The van der Waals surface area contributed by atoms with Gasteiger partial charge >= 0.3 is 13.1 Å². The van der Waals surface area contributed by atoms with Crippen molar-refractivity contribution in [1.82, 2.24) is 5.32 Å². The van der Waals surface area contributed by atoms with Crippen LogP contribution in [0.1, 0.15) is 34.0 Å². The number of para-hydroxylation sites is 1. The molecule has 0 unspecified atom stereocenters. The number of carboxylic acid groups (broad SMARTS) is 1. The molecule has 0 spiro atoms. The number of amides is 1. The van der Waals surface area contributed by atoms with E-state index in [2.05, 4.69) is 12.2 Å². The van der Waals surface area contributed by atoms with E-state index in [0.29, 0.717) is 12.0 Å². The van der Waals surface area contributed by atoms with Gasteiger partial charge in [-0.3, -0.25) is 4.79 Å². The average molecular weight is 353 g/mol. The molecule has 1 amide bonds. The van der Waals surface area contributed by atoms with Crippen molar-refractivity contribution in [2.75, 3.05) is 0 Å². The summed E-state index contributed by atoms with van der Waals surface area (Å²) in [6.45, 7) is 2.07. The van der Waals surface area contributed by atoms with Crippen LogP contribution in [-0.2, 0) is 24.1 Å². The number of carbonyl (C=O) groups is 2. The number of carbonyl (C=O) groups excluding carboxylic acids is 1. The molecule has 1 atom stereocenters. The Hall–Kier alpha value is -2.80. The fraction of sp³-hybridized carbons (Fsp3) is 0.263. The van der Waals surface area contributed by atoms with Gasteiger partial charge in [0.25, 0.3) is 0 Å². The second kappa shape index (κ2) is 7.62. The molecule has 0 bridgehead atoms. The first-order valence-electron chi connectivity index (χ1n) is 8.55. The molecule has 26 heavy (non-hydrogen) atoms. The molecule has 6 nitrogen and oxygen atoms in total. The predicted molar refractivity (Wildman–Crippen MR) is 97.2 cm³/mol. The molecule has 0 fully saturated rings. The summed E-state index contributed by atoms with van der Waals surface area (Å²) in [7, 11) is -1.30. The van der Waals surface area contributed by atoms with Gasteiger partial charge in [0.05, 0.1) is 17.9 Å². The number of aryl methyl sites for hydroxylation is 1. The van der Waals surface area contributed by atoms with Gasteiger partial charge in [-0.15, -0.1) is 0 Å². The third-order valence-corrected chi connectivity index (χ3v) is 4.49. The molecule has 1 heterocycles. The minimum atomic E-state index is -1.30. The molecule has 7 heteroatoms. The van der Waals surface area contributed by atoms with Crippen molar-refractivity contribution in [3.8, 4) is 5.75 Å². The van der Waals surface area contributed by atoms with E-state index in [0.717, 1.165) is 12.0 Å². The lowest BCUT2D eigenvalue weighted by atomic mass is 9.72. The van der Waals surface area contributed by atoms with E-state index in [9.17, 15) is 19.7 Å². The molecule has 2 aromatic carbocycles. The van der Waals surface area contributed by atoms with Gasteiger partial charge in [-0.1, -0.05) is 43.3 Å². The van der Waals surface area contributed by atoms with Gasteiger partial charge in [0.2, 0.25) is 5.91 Å². The van der Waals surface area contributed by atoms with Crippen LogP contribution in [0, 0.1) is 0 Å². The number of carboxylic acids is 1. The van der Waals surface area contributed by atoms with Crippen molar-refractivity contribution in [3.05, 3.63) is 64.7 Å². The molecule has 3 rings (SSSR count). The van der Waals surface area contributed by atoms with Gasteiger partial charge < -0.3 is 20.1 Å². The fourth-order valence-electron chi connectivity index (χ4n) is 3.05. The Labute approximate surface area is 152 Å². The van der Waals surface area contributed by atoms with Gasteiger partial charge in [0.1, 0.15) is 5.75 Å². The summed E-state index contributed by atoms with van der Waals surface area (Å²) >= 11 is 0. The number of hydrogen-bond acceptors (Lipinski definition) is 4. The highest BCUT2D eigenvalue weighted by Crippen LogP contribution is 2.30. The first kappa shape index (κ1) is 18.0. The lowest BCUT2D eigenvalue weighted by molar-refractivity contribution is -0.120. The summed E-state index contributed by atoms with van der Waals surface area (Å²) in [6.07, 6.45) is 1.45. The van der Waals surface area contributed by atoms with E-state index in [1.54, 1.807) is 12.1 Å². The van der Waals surface area contributed by atoms with Crippen LogP contribution < -0.4 is 9.97 Å². The zero-order valence-corrected chi connectivity index (χ0v) is 14.4. The molecule has 134 valence electrons. The lowest BCUT2D eigenvalue weighted by Gasteiger charge is -2.28. The van der Waals surface area contributed by atoms with Crippen LogP contribution in [0.4, 0.5) is 0 Å². The molecule has 1 aliphatic heterocycles. The maximum atomic E-state index is 12.3. The summed E-state index contributed by atoms with van der Waals surface area (Å²) in [6, 6.07) is 12.6. The van der Waals surface area contributed by atoms with Crippen molar-refractivity contribution in [2.24, 2.45) is 0 Å². The summed E-state index contributed by atoms with van der Waals surface area (Å²) in [4.78, 5) is 23.6. The molecule has 0 saturated heterocycles. The maximum absolute atomic E-state index is 12.3. The first-order valence-corrected chi connectivity index (χ1v) is 8.55. The standard InChI is InChI=1S/C19H20BNO5/c1-2-12-6-8-13(9-7-12)10-17(22)21-16-11-14-4-3-5-15(19(23)24)18(14)26-20(16)25/h3-9,16,25H,2,10-11H2,1H3,(H,21,22)(H,23,24)/t16-/m0/s1. The van der Waals surface area contributed by atoms with Crippen LogP contribution in [0.2, 0.25) is 0 Å². The topological polar surface area (TPSA) is 95.9 Å². The number of aromatic carboxylic acids is 1. The summed E-state index contributed by atoms with van der Waals surface area (Å²) in [5.74, 6) is -1.81. The summed E-state index contributed by atoms with van der Waals surface area (Å²) in [5.41, 5.74) is 2.74. The second-order valence-corrected chi connectivity index (χ2v) is 6.33. The zero-order valence-electron chi connectivity index (χ0n) is 14.4. The van der Waals surface area contributed by atoms with Crippen LogP contribution in [0.5, 0.6) is 5.75 Å². The maximum Gasteiger partial charge on any atom is 0.547 e. The number of rotatable bonds is 5. The van der Waals surface area contributed by atoms with Crippen molar-refractivity contribution in [1.29, 1.82) is 0 Å². The second-order valence-electron chi connectivity index (χ2n) is 6.33. The number of nitrogens with one attached hydrogen (secondary N) is 1. The molecular weight excluding hydrogens is 333 g/mol. The molecule has 0 saturated carbocycles. The number of hydrogen-bond donors (Lipinski definition) is 3. The largest absolute Gasteiger partial charge is 0.547 e. The Morgan fingerprint density at radius 1 is 1.19 bits per heavy atom. The molecule has 1 aliphatic rings. The Kier molecular flexibility index (Phi) is 5.28. The number of benzene rings is 2. The molecule has 3 N–H and O–H groups in total. The van der Waals surface area contributed by atoms with E-state index in [1.165, 1.54) is 11.6 Å². The van der Waals surface area contributed by atoms with E-state index in [4.69, 9.17) is 4.65 Å². The Morgan fingerprint density at radius 2 is 1.88 bits per heavy atom. The van der Waals surface area contributed by atoms with Crippen LogP contribution in [0.15, 0.2) is 42.5 Å². The van der Waals surface area contributed by atoms with Crippen LogP contribution in [0.25, 0.3) is 0 Å². The zero-order chi connectivity index (χ0) is 18.7. The summed E-state index contributed by atoms with van der Waals surface area (Å²) < 4.78 is 5.38. The van der Waals surface area contributed by atoms with E-state index in [1.807, 2.05) is 24.3 Å². The Morgan fingerprint density at radius 3 is 2.54 bits per heavy atom. The van der Waals surface area contributed by atoms with E-state index < -0.39 is 19.0 Å². The molecule has 0 aromatic heterocycles. The Balaban J connectivity index is 1.67. The van der Waals surface area contributed by atoms with Crippen LogP contribution in [-0.4, -0.2) is 35.1 Å². The van der Waals surface area contributed by atoms with Crippen molar-refractivity contribution in [3.63, 3.8) is 0 Å². The quantitative estimate of drug-likeness (QED) is 0.710. The monoisotopic (exact) mass is 353 g/mol. The van der Waals surface area contributed by atoms with Crippen LogP contribution in [0.3, 0.4) is 0 Å². The minimum absolute atomic E-state index is 0.00217. The summed E-state index contributed by atoms with van der Waals surface area (Å²) in [5, 5.41) is 22.2. The van der Waals surface area contributed by atoms with E-state index in [-0.39, 0.29) is 23.6 Å². The Bertz CT molecular complexity index is 821.